The van der Waals surface area contributed by atoms with Crippen molar-refractivity contribution in [2.24, 2.45) is 5.92 Å². The summed E-state index contributed by atoms with van der Waals surface area (Å²) in [5.74, 6) is 1.59. The highest BCUT2D eigenvalue weighted by Gasteiger charge is 2.34. The van der Waals surface area contributed by atoms with Gasteiger partial charge in [-0.05, 0) is 82.3 Å². The Balaban J connectivity index is 0.00000228. The van der Waals surface area contributed by atoms with Crippen molar-refractivity contribution >= 4 is 23.6 Å². The van der Waals surface area contributed by atoms with E-state index < -0.39 is 6.09 Å². The zero-order chi connectivity index (χ0) is 24.4. The maximum atomic E-state index is 12.4. The maximum absolute atomic E-state index is 12.4. The predicted octanol–water partition coefficient (Wildman–Crippen LogP) is 3.79. The van der Waals surface area contributed by atoms with Crippen LogP contribution in [0.1, 0.15) is 42.9 Å². The zero-order valence-corrected chi connectivity index (χ0v) is 20.7. The van der Waals surface area contributed by atoms with Crippen LogP contribution in [0, 0.1) is 5.92 Å². The third kappa shape index (κ3) is 5.19. The molecular formula is C25H39N5O4. The van der Waals surface area contributed by atoms with Crippen LogP contribution in [0.2, 0.25) is 0 Å². The lowest BCUT2D eigenvalue weighted by molar-refractivity contribution is -0.118. The Hall–Kier alpha value is -3.07. The van der Waals surface area contributed by atoms with E-state index in [-0.39, 0.29) is 21.5 Å². The minimum absolute atomic E-state index is 0. The Morgan fingerprint density at radius 1 is 1.24 bits per heavy atom. The van der Waals surface area contributed by atoms with E-state index >= 15 is 0 Å². The van der Waals surface area contributed by atoms with Crippen molar-refractivity contribution in [3.05, 3.63) is 34.5 Å². The van der Waals surface area contributed by atoms with E-state index in [1.54, 1.807) is 12.1 Å². The van der Waals surface area contributed by atoms with E-state index in [9.17, 15) is 9.59 Å². The molecule has 2 atom stereocenters. The van der Waals surface area contributed by atoms with Crippen LogP contribution in [0.15, 0.2) is 34.5 Å². The van der Waals surface area contributed by atoms with Gasteiger partial charge in [-0.15, -0.1) is 0 Å². The number of cyclic esters (lactones) is 1. The molecule has 1 saturated heterocycles. The second-order valence-corrected chi connectivity index (χ2v) is 9.67. The number of ether oxygens (including phenoxy) is 2. The number of rotatable bonds is 7. The quantitative estimate of drug-likeness (QED) is 0.582. The van der Waals surface area contributed by atoms with Crippen LogP contribution < -0.4 is 20.3 Å². The van der Waals surface area contributed by atoms with Gasteiger partial charge in [-0.1, -0.05) is 5.57 Å². The smallest absolute Gasteiger partial charge is 0.415 e. The molecular weight excluding hydrogens is 434 g/mol. The number of amides is 2. The number of anilines is 2. The minimum Gasteiger partial charge on any atom is -0.480 e. The van der Waals surface area contributed by atoms with Crippen molar-refractivity contribution < 1.29 is 21.9 Å². The summed E-state index contributed by atoms with van der Waals surface area (Å²) in [7, 11) is 4.21. The Morgan fingerprint density at radius 2 is 2.00 bits per heavy atom. The molecule has 3 heterocycles. The fourth-order valence-electron chi connectivity index (χ4n) is 4.71. The second-order valence-electron chi connectivity index (χ2n) is 9.67. The molecule has 1 aromatic heterocycles. The van der Waals surface area contributed by atoms with Gasteiger partial charge in [0.25, 0.3) is 5.91 Å². The number of carbonyl (C=O) groups excluding carboxylic acids is 2. The number of fused-ring (bicyclic) bond motifs is 1. The van der Waals surface area contributed by atoms with Gasteiger partial charge in [0.05, 0.1) is 6.54 Å². The van der Waals surface area contributed by atoms with Gasteiger partial charge in [0, 0.05) is 22.6 Å². The molecule has 3 aliphatic rings. The van der Waals surface area contributed by atoms with Gasteiger partial charge >= 0.3 is 6.09 Å². The first-order chi connectivity index (χ1) is 16.2. The molecule has 2 unspecified atom stereocenters. The van der Waals surface area contributed by atoms with Crippen molar-refractivity contribution in [1.82, 2.24) is 15.2 Å². The van der Waals surface area contributed by atoms with E-state index in [1.165, 1.54) is 27.3 Å². The number of aromatic nitrogens is 1. The summed E-state index contributed by atoms with van der Waals surface area (Å²) in [6, 6.07) is 3.42. The molecule has 1 saturated carbocycles. The summed E-state index contributed by atoms with van der Waals surface area (Å²) in [6.45, 7) is 8.72. The molecule has 9 heteroatoms. The molecule has 2 amide bonds. The monoisotopic (exact) mass is 473 g/mol. The van der Waals surface area contributed by atoms with Gasteiger partial charge in [0.2, 0.25) is 0 Å². The summed E-state index contributed by atoms with van der Waals surface area (Å²) < 4.78 is 10.9. The highest BCUT2D eigenvalue weighted by Crippen LogP contribution is 2.39. The number of pyridine rings is 1. The Morgan fingerprint density at radius 3 is 2.74 bits per heavy atom. The van der Waals surface area contributed by atoms with Crippen molar-refractivity contribution in [2.75, 3.05) is 50.6 Å². The van der Waals surface area contributed by atoms with Crippen LogP contribution in [0.4, 0.5) is 16.4 Å². The molecule has 0 spiro atoms. The largest absolute Gasteiger partial charge is 0.480 e. The summed E-state index contributed by atoms with van der Waals surface area (Å²) in [4.78, 5) is 32.1. The average molecular weight is 474 g/mol. The summed E-state index contributed by atoms with van der Waals surface area (Å²) in [5, 5.41) is 6.24. The van der Waals surface area contributed by atoms with Gasteiger partial charge < -0.3 is 25.0 Å². The molecule has 2 aliphatic heterocycles. The maximum Gasteiger partial charge on any atom is 0.415 e. The molecule has 0 radical (unpaired) electrons. The lowest BCUT2D eigenvalue weighted by Crippen LogP contribution is -2.29. The van der Waals surface area contributed by atoms with Gasteiger partial charge in [0.1, 0.15) is 11.9 Å². The van der Waals surface area contributed by atoms with Crippen molar-refractivity contribution in [1.29, 1.82) is 0 Å². The lowest BCUT2D eigenvalue weighted by atomic mass is 10.0. The number of hydrogen-bond donors (Lipinski definition) is 2. The number of carbonyl (C=O) groups is 2. The standard InChI is InChI=1S/C25H35N5O4.2H2/c1-15(2)19-10-17(11-20(19)16(3)29(4)5)12-26-9-8-18-13-30(25(32)34-18)22-7-6-21-24(27-22)28-23(31)14-33-21;;/h6-7,17-18,26H,8-14H2,1-5H3,(H,27,28,31);2*1H/b20-16-;;. The molecule has 1 aromatic rings. The molecule has 188 valence electrons. The Labute approximate surface area is 204 Å². The van der Waals surface area contributed by atoms with Crippen molar-refractivity contribution in [3.8, 4) is 5.75 Å². The number of nitrogens with zero attached hydrogens (tertiary/aromatic N) is 3. The molecule has 0 bridgehead atoms. The molecule has 1 aliphatic carbocycles. The van der Waals surface area contributed by atoms with Crippen LogP contribution >= 0.6 is 0 Å². The van der Waals surface area contributed by atoms with E-state index in [2.05, 4.69) is 55.4 Å². The van der Waals surface area contributed by atoms with Crippen LogP contribution in [0.3, 0.4) is 0 Å². The fraction of sp³-hybridized carbons (Fsp3) is 0.560. The van der Waals surface area contributed by atoms with Crippen LogP contribution in [0.5, 0.6) is 5.75 Å². The molecule has 9 nitrogen and oxygen atoms in total. The Bertz CT molecular complexity index is 1040. The first-order valence-corrected chi connectivity index (χ1v) is 11.9. The van der Waals surface area contributed by atoms with Crippen molar-refractivity contribution in [3.63, 3.8) is 0 Å². The summed E-state index contributed by atoms with van der Waals surface area (Å²) >= 11 is 0. The van der Waals surface area contributed by atoms with E-state index in [1.807, 2.05) is 0 Å². The first-order valence-electron chi connectivity index (χ1n) is 11.9. The van der Waals surface area contributed by atoms with Crippen LogP contribution in [-0.4, -0.2) is 68.3 Å². The van der Waals surface area contributed by atoms with Gasteiger partial charge in [-0.3, -0.25) is 9.69 Å². The van der Waals surface area contributed by atoms with E-state index in [0.29, 0.717) is 29.8 Å². The van der Waals surface area contributed by atoms with E-state index in [0.717, 1.165) is 32.4 Å². The number of nitrogens with one attached hydrogen (secondary N) is 2. The molecule has 0 aromatic carbocycles. The van der Waals surface area contributed by atoms with Crippen molar-refractivity contribution in [2.45, 2.75) is 46.1 Å². The Kier molecular flexibility index (Phi) is 7.11. The van der Waals surface area contributed by atoms with Gasteiger partial charge in [-0.2, -0.15) is 0 Å². The molecule has 34 heavy (non-hydrogen) atoms. The third-order valence-electron chi connectivity index (χ3n) is 6.75. The molecule has 2 N–H and O–H groups in total. The zero-order valence-electron chi connectivity index (χ0n) is 20.7. The predicted molar refractivity (Wildman–Crippen MR) is 135 cm³/mol. The SMILES string of the molecule is CC(C)=C1CC(CNCCC2CN(c3ccc4c(n3)NC(=O)CO4)C(=O)O2)C/C1=C(\C)N(C)C.[HH].[HH]. The second kappa shape index (κ2) is 10.0. The average Bonchev–Trinajstić information content (AvgIpc) is 3.39. The first kappa shape index (κ1) is 24.1. The summed E-state index contributed by atoms with van der Waals surface area (Å²) in [6.07, 6.45) is 2.31. The number of hydrogen-bond acceptors (Lipinski definition) is 7. The fourth-order valence-corrected chi connectivity index (χ4v) is 4.71. The molecule has 2 fully saturated rings. The highest BCUT2D eigenvalue weighted by molar-refractivity contribution is 5.95. The third-order valence-corrected chi connectivity index (χ3v) is 6.75. The van der Waals surface area contributed by atoms with Gasteiger partial charge in [0.15, 0.2) is 18.2 Å². The van der Waals surface area contributed by atoms with Gasteiger partial charge in [-0.25, -0.2) is 9.78 Å². The topological polar surface area (TPSA) is 96.0 Å². The van der Waals surface area contributed by atoms with E-state index in [4.69, 9.17) is 9.47 Å². The normalized spacial score (nSPS) is 23.3. The highest BCUT2D eigenvalue weighted by atomic mass is 16.6. The number of allylic oxidation sites excluding steroid dienone is 4. The molecule has 4 rings (SSSR count). The van der Waals surface area contributed by atoms with Crippen LogP contribution in [0.25, 0.3) is 0 Å². The van der Waals surface area contributed by atoms with Crippen LogP contribution in [-0.2, 0) is 9.53 Å². The lowest BCUT2D eigenvalue weighted by Gasteiger charge is -2.19. The minimum atomic E-state index is -0.418. The summed E-state index contributed by atoms with van der Waals surface area (Å²) in [5.41, 5.74) is 5.73.